The lowest BCUT2D eigenvalue weighted by Crippen LogP contribution is -2.34. The fourth-order valence-corrected chi connectivity index (χ4v) is 4.86. The van der Waals surface area contributed by atoms with E-state index in [1.54, 1.807) is 18.4 Å². The molecule has 3 rings (SSSR count). The van der Waals surface area contributed by atoms with E-state index in [0.717, 1.165) is 25.7 Å². The predicted molar refractivity (Wildman–Crippen MR) is 140 cm³/mol. The van der Waals surface area contributed by atoms with Crippen LogP contribution in [0.25, 0.3) is 0 Å². The van der Waals surface area contributed by atoms with Crippen LogP contribution in [-0.2, 0) is 17.8 Å². The fourth-order valence-electron chi connectivity index (χ4n) is 4.60. The molecule has 1 fully saturated rings. The lowest BCUT2D eigenvalue weighted by molar-refractivity contribution is -0.143. The van der Waals surface area contributed by atoms with Gasteiger partial charge < -0.3 is 20.1 Å². The minimum atomic E-state index is -1.24. The molecule has 1 aliphatic carbocycles. The van der Waals surface area contributed by atoms with Crippen LogP contribution in [0.2, 0.25) is 5.28 Å². The van der Waals surface area contributed by atoms with E-state index in [4.69, 9.17) is 11.6 Å². The van der Waals surface area contributed by atoms with Crippen LogP contribution in [0, 0.1) is 37.5 Å². The number of carboxylic acid groups (broad SMARTS) is 1. The summed E-state index contributed by atoms with van der Waals surface area (Å²) < 4.78 is 1.69. The average Bonchev–Trinajstić information content (AvgIpc) is 3.14. The van der Waals surface area contributed by atoms with Crippen LogP contribution in [0.5, 0.6) is 0 Å². The van der Waals surface area contributed by atoms with E-state index in [9.17, 15) is 19.8 Å². The Balaban J connectivity index is 1.75. The lowest BCUT2D eigenvalue weighted by atomic mass is 9.82. The van der Waals surface area contributed by atoms with Crippen LogP contribution >= 0.6 is 11.6 Å². The Kier molecular flexibility index (Phi) is 9.21. The molecule has 1 aromatic carbocycles. The van der Waals surface area contributed by atoms with Gasteiger partial charge in [-0.1, -0.05) is 24.1 Å². The van der Waals surface area contributed by atoms with Crippen LogP contribution in [0.3, 0.4) is 0 Å². The van der Waals surface area contributed by atoms with E-state index < -0.39 is 11.6 Å². The molecule has 0 saturated heterocycles. The van der Waals surface area contributed by atoms with Gasteiger partial charge in [-0.25, -0.2) is 4.98 Å². The van der Waals surface area contributed by atoms with E-state index in [2.05, 4.69) is 54.2 Å². The number of nitrogens with one attached hydrogen (secondary N) is 1. The SMILES string of the molecule is Cc1cccc(CCCn2c(Cl)nc(C#CC(C)(C)O)c2C(=O)NC[C@H]2CC[C@H](C(=O)O)CC2)c1C. The molecule has 0 atom stereocenters. The summed E-state index contributed by atoms with van der Waals surface area (Å²) in [5.41, 5.74) is 3.06. The van der Waals surface area contributed by atoms with Crippen LogP contribution in [0.4, 0.5) is 0 Å². The zero-order valence-electron chi connectivity index (χ0n) is 21.5. The van der Waals surface area contributed by atoms with Crippen molar-refractivity contribution < 1.29 is 19.8 Å². The number of carbonyl (C=O) groups excluding carboxylic acids is 1. The molecule has 1 amide bonds. The van der Waals surface area contributed by atoms with Crippen molar-refractivity contribution in [2.24, 2.45) is 11.8 Å². The third kappa shape index (κ3) is 7.35. The van der Waals surface area contributed by atoms with Crippen LogP contribution in [0.1, 0.15) is 78.8 Å². The maximum atomic E-state index is 13.3. The monoisotopic (exact) mass is 513 g/mol. The molecule has 1 aromatic heterocycles. The molecule has 1 aliphatic rings. The number of carboxylic acids is 1. The first-order valence-corrected chi connectivity index (χ1v) is 12.9. The number of nitrogens with zero attached hydrogens (tertiary/aromatic N) is 2. The van der Waals surface area contributed by atoms with Crippen LogP contribution in [0.15, 0.2) is 18.2 Å². The number of imidazole rings is 1. The molecule has 194 valence electrons. The first-order chi connectivity index (χ1) is 17.0. The van der Waals surface area contributed by atoms with Gasteiger partial charge in [-0.2, -0.15) is 0 Å². The Morgan fingerprint density at radius 3 is 2.56 bits per heavy atom. The van der Waals surface area contributed by atoms with Gasteiger partial charge in [0, 0.05) is 13.1 Å². The highest BCUT2D eigenvalue weighted by atomic mass is 35.5. The van der Waals surface area contributed by atoms with Crippen molar-refractivity contribution in [3.8, 4) is 11.8 Å². The van der Waals surface area contributed by atoms with Gasteiger partial charge in [0.25, 0.3) is 5.91 Å². The topological polar surface area (TPSA) is 104 Å². The van der Waals surface area contributed by atoms with Crippen molar-refractivity contribution in [1.29, 1.82) is 0 Å². The number of aliphatic hydroxyl groups is 1. The van der Waals surface area contributed by atoms with Gasteiger partial charge in [-0.15, -0.1) is 0 Å². The molecule has 2 aromatic rings. The van der Waals surface area contributed by atoms with Crippen molar-refractivity contribution in [3.05, 3.63) is 51.6 Å². The van der Waals surface area contributed by atoms with Crippen molar-refractivity contribution in [2.75, 3.05) is 6.54 Å². The Morgan fingerprint density at radius 2 is 1.92 bits per heavy atom. The third-order valence-electron chi connectivity index (χ3n) is 6.91. The molecule has 0 radical (unpaired) electrons. The largest absolute Gasteiger partial charge is 0.481 e. The Hall–Kier alpha value is -2.82. The highest BCUT2D eigenvalue weighted by Crippen LogP contribution is 2.28. The van der Waals surface area contributed by atoms with Gasteiger partial charge in [-0.05, 0) is 106 Å². The Bertz CT molecular complexity index is 1160. The van der Waals surface area contributed by atoms with E-state index in [1.165, 1.54) is 16.7 Å². The number of carbonyl (C=O) groups is 2. The smallest absolute Gasteiger partial charge is 0.306 e. The summed E-state index contributed by atoms with van der Waals surface area (Å²) in [6.07, 6.45) is 4.37. The van der Waals surface area contributed by atoms with Gasteiger partial charge in [0.1, 0.15) is 17.0 Å². The number of rotatable bonds is 8. The first kappa shape index (κ1) is 27.8. The normalized spacial score (nSPS) is 17.8. The molecule has 3 N–H and O–H groups in total. The number of hydrogen-bond acceptors (Lipinski definition) is 4. The van der Waals surface area contributed by atoms with E-state index in [0.29, 0.717) is 25.9 Å². The number of hydrogen-bond donors (Lipinski definition) is 3. The number of amides is 1. The first-order valence-electron chi connectivity index (χ1n) is 12.5. The maximum Gasteiger partial charge on any atom is 0.306 e. The zero-order valence-corrected chi connectivity index (χ0v) is 22.3. The molecule has 0 aliphatic heterocycles. The Morgan fingerprint density at radius 1 is 1.22 bits per heavy atom. The molecule has 8 heteroatoms. The Labute approximate surface area is 218 Å². The van der Waals surface area contributed by atoms with Crippen molar-refractivity contribution in [1.82, 2.24) is 14.9 Å². The highest BCUT2D eigenvalue weighted by Gasteiger charge is 2.27. The molecule has 36 heavy (non-hydrogen) atoms. The average molecular weight is 514 g/mol. The molecule has 1 heterocycles. The minimum absolute atomic E-state index is 0.183. The molecule has 0 bridgehead atoms. The van der Waals surface area contributed by atoms with Gasteiger partial charge in [-0.3, -0.25) is 9.59 Å². The molecule has 0 unspecified atom stereocenters. The van der Waals surface area contributed by atoms with Gasteiger partial charge in [0.15, 0.2) is 0 Å². The van der Waals surface area contributed by atoms with Crippen molar-refractivity contribution in [3.63, 3.8) is 0 Å². The van der Waals surface area contributed by atoms with Crippen LogP contribution in [-0.4, -0.2) is 43.8 Å². The summed E-state index contributed by atoms with van der Waals surface area (Å²) in [4.78, 5) is 28.9. The van der Waals surface area contributed by atoms with Crippen molar-refractivity contribution >= 4 is 23.5 Å². The third-order valence-corrected chi connectivity index (χ3v) is 7.20. The van der Waals surface area contributed by atoms with E-state index in [-0.39, 0.29) is 34.4 Å². The maximum absolute atomic E-state index is 13.3. The number of aryl methyl sites for hydroxylation is 2. The molecule has 0 spiro atoms. The number of aromatic nitrogens is 2. The second-order valence-corrected chi connectivity index (χ2v) is 10.6. The van der Waals surface area contributed by atoms with E-state index >= 15 is 0 Å². The summed E-state index contributed by atoms with van der Waals surface area (Å²) in [6, 6.07) is 6.26. The lowest BCUT2D eigenvalue weighted by Gasteiger charge is -2.26. The van der Waals surface area contributed by atoms with Gasteiger partial charge >= 0.3 is 5.97 Å². The second kappa shape index (κ2) is 11.9. The van der Waals surface area contributed by atoms with Crippen LogP contribution < -0.4 is 5.32 Å². The summed E-state index contributed by atoms with van der Waals surface area (Å²) >= 11 is 6.46. The molecule has 7 nitrogen and oxygen atoms in total. The summed E-state index contributed by atoms with van der Waals surface area (Å²) in [5.74, 6) is 4.43. The number of halogens is 1. The summed E-state index contributed by atoms with van der Waals surface area (Å²) in [7, 11) is 0. The highest BCUT2D eigenvalue weighted by molar-refractivity contribution is 6.29. The van der Waals surface area contributed by atoms with Gasteiger partial charge in [0.05, 0.1) is 5.92 Å². The van der Waals surface area contributed by atoms with Gasteiger partial charge in [0.2, 0.25) is 5.28 Å². The standard InChI is InChI=1S/C28H36ClN3O4/c1-18-7-5-8-21(19(18)2)9-6-16-32-24(23(31-27(32)29)14-15-28(3,4)36)25(33)30-17-20-10-12-22(13-11-20)26(34)35/h5,7-8,20,22,36H,6,9-13,16-17H2,1-4H3,(H,30,33)(H,34,35)/t20-,22-. The molecule has 1 saturated carbocycles. The quantitative estimate of drug-likeness (QED) is 0.450. The summed E-state index contributed by atoms with van der Waals surface area (Å²) in [6.45, 7) is 8.29. The number of aliphatic carboxylic acids is 1. The molecular formula is C28H36ClN3O4. The van der Waals surface area contributed by atoms with Crippen molar-refractivity contribution in [2.45, 2.75) is 78.4 Å². The number of benzene rings is 1. The zero-order chi connectivity index (χ0) is 26.5. The van der Waals surface area contributed by atoms with E-state index in [1.807, 2.05) is 0 Å². The molecular weight excluding hydrogens is 478 g/mol. The second-order valence-electron chi connectivity index (χ2n) is 10.3. The predicted octanol–water partition coefficient (Wildman–Crippen LogP) is 4.53. The summed E-state index contributed by atoms with van der Waals surface area (Å²) in [5, 5.41) is 22.4. The fraction of sp³-hybridized carbons (Fsp3) is 0.536. The minimum Gasteiger partial charge on any atom is -0.481 e.